The van der Waals surface area contributed by atoms with E-state index in [1.54, 1.807) is 6.20 Å². The van der Waals surface area contributed by atoms with Gasteiger partial charge in [0.15, 0.2) is 0 Å². The van der Waals surface area contributed by atoms with Gasteiger partial charge in [-0.2, -0.15) is 0 Å². The fourth-order valence-electron chi connectivity index (χ4n) is 3.51. The van der Waals surface area contributed by atoms with Gasteiger partial charge in [0.2, 0.25) is 0 Å². The summed E-state index contributed by atoms with van der Waals surface area (Å²) in [5.41, 5.74) is 4.96. The van der Waals surface area contributed by atoms with Gasteiger partial charge in [-0.15, -0.1) is 0 Å². The molecule has 1 aromatic heterocycles. The molecule has 0 spiro atoms. The predicted molar refractivity (Wildman–Crippen MR) is 105 cm³/mol. The number of nitrogens with zero attached hydrogens (tertiary/aromatic N) is 2. The minimum absolute atomic E-state index is 0.122. The molecule has 26 heavy (non-hydrogen) atoms. The number of fused-ring (bicyclic) bond motifs is 1. The summed E-state index contributed by atoms with van der Waals surface area (Å²) in [5.74, 6) is 0.777. The molecular formula is C22H21N3O. The van der Waals surface area contributed by atoms with Crippen molar-refractivity contribution in [2.45, 2.75) is 26.3 Å². The lowest BCUT2D eigenvalue weighted by Gasteiger charge is -2.24. The zero-order chi connectivity index (χ0) is 18.1. The Morgan fingerprint density at radius 2 is 1.96 bits per heavy atom. The van der Waals surface area contributed by atoms with Crippen molar-refractivity contribution >= 4 is 23.1 Å². The van der Waals surface area contributed by atoms with Crippen LogP contribution in [0.25, 0.3) is 0 Å². The fraction of sp³-hybridized carbons (Fsp3) is 0.182. The Hall–Kier alpha value is -3.14. The summed E-state index contributed by atoms with van der Waals surface area (Å²) >= 11 is 0. The van der Waals surface area contributed by atoms with Gasteiger partial charge in [0.05, 0.1) is 11.9 Å². The number of pyridine rings is 1. The Morgan fingerprint density at radius 3 is 2.73 bits per heavy atom. The maximum absolute atomic E-state index is 12.4. The Bertz CT molecular complexity index is 950. The van der Waals surface area contributed by atoms with E-state index in [4.69, 9.17) is 0 Å². The SMILES string of the molecule is Cc1cccc(C(=O)Nc2ccc(N3c4ccccc4CC3C)nc2)c1. The number of para-hydroxylation sites is 1. The number of amides is 1. The highest BCUT2D eigenvalue weighted by Gasteiger charge is 2.27. The highest BCUT2D eigenvalue weighted by molar-refractivity contribution is 6.04. The van der Waals surface area contributed by atoms with Gasteiger partial charge >= 0.3 is 0 Å². The van der Waals surface area contributed by atoms with Gasteiger partial charge in [-0.1, -0.05) is 35.9 Å². The van der Waals surface area contributed by atoms with E-state index in [1.165, 1.54) is 11.3 Å². The minimum Gasteiger partial charge on any atom is -0.323 e. The summed E-state index contributed by atoms with van der Waals surface area (Å²) in [6, 6.07) is 20.2. The monoisotopic (exact) mass is 343 g/mol. The number of anilines is 3. The summed E-state index contributed by atoms with van der Waals surface area (Å²) < 4.78 is 0. The van der Waals surface area contributed by atoms with Gasteiger partial charge in [0, 0.05) is 17.3 Å². The Balaban J connectivity index is 1.53. The second-order valence-corrected chi connectivity index (χ2v) is 6.78. The number of carbonyl (C=O) groups excluding carboxylic acids is 1. The minimum atomic E-state index is -0.122. The zero-order valence-electron chi connectivity index (χ0n) is 14.9. The molecule has 0 bridgehead atoms. The molecule has 1 atom stereocenters. The van der Waals surface area contributed by atoms with Crippen molar-refractivity contribution in [3.63, 3.8) is 0 Å². The number of rotatable bonds is 3. The van der Waals surface area contributed by atoms with Gasteiger partial charge < -0.3 is 10.2 Å². The largest absolute Gasteiger partial charge is 0.323 e. The van der Waals surface area contributed by atoms with Crippen LogP contribution in [0.15, 0.2) is 66.9 Å². The highest BCUT2D eigenvalue weighted by Crippen LogP contribution is 2.37. The first-order valence-corrected chi connectivity index (χ1v) is 8.83. The third-order valence-corrected chi connectivity index (χ3v) is 4.74. The van der Waals surface area contributed by atoms with Gasteiger partial charge in [0.25, 0.3) is 5.91 Å². The summed E-state index contributed by atoms with van der Waals surface area (Å²) in [7, 11) is 0. The lowest BCUT2D eigenvalue weighted by molar-refractivity contribution is 0.102. The van der Waals surface area contributed by atoms with Crippen LogP contribution in [-0.4, -0.2) is 16.9 Å². The number of carbonyl (C=O) groups is 1. The van der Waals surface area contributed by atoms with E-state index in [2.05, 4.69) is 46.4 Å². The molecule has 4 rings (SSSR count). The molecule has 1 aliphatic rings. The van der Waals surface area contributed by atoms with E-state index in [0.29, 0.717) is 17.3 Å². The van der Waals surface area contributed by atoms with Crippen LogP contribution in [0.5, 0.6) is 0 Å². The maximum Gasteiger partial charge on any atom is 0.255 e. The van der Waals surface area contributed by atoms with Crippen LogP contribution in [0.1, 0.15) is 28.4 Å². The van der Waals surface area contributed by atoms with E-state index in [-0.39, 0.29) is 5.91 Å². The Labute approximate surface area is 153 Å². The molecular weight excluding hydrogens is 322 g/mol. The molecule has 1 unspecified atom stereocenters. The van der Waals surface area contributed by atoms with Crippen LogP contribution in [-0.2, 0) is 6.42 Å². The van der Waals surface area contributed by atoms with Gasteiger partial charge in [-0.05, 0) is 56.2 Å². The van der Waals surface area contributed by atoms with Crippen LogP contribution in [0.4, 0.5) is 17.2 Å². The van der Waals surface area contributed by atoms with Crippen LogP contribution in [0.3, 0.4) is 0 Å². The van der Waals surface area contributed by atoms with Crippen LogP contribution in [0, 0.1) is 6.92 Å². The average Bonchev–Trinajstić information content (AvgIpc) is 2.98. The second-order valence-electron chi connectivity index (χ2n) is 6.78. The van der Waals surface area contributed by atoms with Crippen molar-refractivity contribution in [3.05, 3.63) is 83.6 Å². The number of aromatic nitrogens is 1. The van der Waals surface area contributed by atoms with Gasteiger partial charge in [-0.3, -0.25) is 4.79 Å². The summed E-state index contributed by atoms with van der Waals surface area (Å²) in [6.07, 6.45) is 2.74. The number of benzene rings is 2. The van der Waals surface area contributed by atoms with Crippen molar-refractivity contribution < 1.29 is 4.79 Å². The molecule has 1 N–H and O–H groups in total. The third kappa shape index (κ3) is 3.06. The summed E-state index contributed by atoms with van der Waals surface area (Å²) in [5, 5.41) is 2.91. The lowest BCUT2D eigenvalue weighted by Crippen LogP contribution is -2.24. The second kappa shape index (κ2) is 6.64. The van der Waals surface area contributed by atoms with Crippen molar-refractivity contribution in [1.29, 1.82) is 0 Å². The van der Waals surface area contributed by atoms with E-state index in [0.717, 1.165) is 17.8 Å². The summed E-state index contributed by atoms with van der Waals surface area (Å²) in [4.78, 5) is 19.2. The van der Waals surface area contributed by atoms with E-state index in [9.17, 15) is 4.79 Å². The predicted octanol–water partition coefficient (Wildman–Crippen LogP) is 4.73. The highest BCUT2D eigenvalue weighted by atomic mass is 16.1. The number of aryl methyl sites for hydroxylation is 1. The molecule has 2 heterocycles. The normalized spacial score (nSPS) is 15.6. The number of nitrogens with one attached hydrogen (secondary N) is 1. The first-order valence-electron chi connectivity index (χ1n) is 8.83. The average molecular weight is 343 g/mol. The Morgan fingerprint density at radius 1 is 1.12 bits per heavy atom. The molecule has 0 radical (unpaired) electrons. The molecule has 1 amide bonds. The molecule has 4 nitrogen and oxygen atoms in total. The molecule has 1 aliphatic heterocycles. The molecule has 3 aromatic rings. The molecule has 0 saturated heterocycles. The topological polar surface area (TPSA) is 45.2 Å². The van der Waals surface area contributed by atoms with Crippen molar-refractivity contribution in [2.24, 2.45) is 0 Å². The zero-order valence-corrected chi connectivity index (χ0v) is 14.9. The molecule has 0 fully saturated rings. The standard InChI is InChI=1S/C22H21N3O/c1-15-6-5-8-18(12-15)22(26)24-19-10-11-21(23-14-19)25-16(2)13-17-7-3-4-9-20(17)25/h3-12,14,16H,13H2,1-2H3,(H,24,26). The lowest BCUT2D eigenvalue weighted by atomic mass is 10.1. The fourth-order valence-corrected chi connectivity index (χ4v) is 3.51. The third-order valence-electron chi connectivity index (χ3n) is 4.74. The molecule has 130 valence electrons. The van der Waals surface area contributed by atoms with Crippen LogP contribution >= 0.6 is 0 Å². The summed E-state index contributed by atoms with van der Waals surface area (Å²) in [6.45, 7) is 4.18. The van der Waals surface area contributed by atoms with E-state index < -0.39 is 0 Å². The number of hydrogen-bond acceptors (Lipinski definition) is 3. The molecule has 0 saturated carbocycles. The van der Waals surface area contributed by atoms with Crippen LogP contribution in [0.2, 0.25) is 0 Å². The molecule has 4 heteroatoms. The van der Waals surface area contributed by atoms with Crippen molar-refractivity contribution in [3.8, 4) is 0 Å². The first-order chi connectivity index (χ1) is 12.6. The van der Waals surface area contributed by atoms with E-state index >= 15 is 0 Å². The maximum atomic E-state index is 12.4. The van der Waals surface area contributed by atoms with E-state index in [1.807, 2.05) is 43.3 Å². The Kier molecular flexibility index (Phi) is 4.17. The van der Waals surface area contributed by atoms with Gasteiger partial charge in [0.1, 0.15) is 5.82 Å². The molecule has 2 aromatic carbocycles. The van der Waals surface area contributed by atoms with Gasteiger partial charge in [-0.25, -0.2) is 4.98 Å². The van der Waals surface area contributed by atoms with Crippen molar-refractivity contribution in [2.75, 3.05) is 10.2 Å². The van der Waals surface area contributed by atoms with Crippen LogP contribution < -0.4 is 10.2 Å². The molecule has 0 aliphatic carbocycles. The quantitative estimate of drug-likeness (QED) is 0.748. The first kappa shape index (κ1) is 16.3. The smallest absolute Gasteiger partial charge is 0.255 e. The van der Waals surface area contributed by atoms with Crippen molar-refractivity contribution in [1.82, 2.24) is 4.98 Å². The number of hydrogen-bond donors (Lipinski definition) is 1.